The van der Waals surface area contributed by atoms with E-state index in [2.05, 4.69) is 5.32 Å². The molecule has 0 aromatic heterocycles. The van der Waals surface area contributed by atoms with E-state index >= 15 is 0 Å². The molecule has 4 aromatic rings. The summed E-state index contributed by atoms with van der Waals surface area (Å²) in [6.45, 7) is 1.13. The Hall–Kier alpha value is -4.68. The minimum absolute atomic E-state index is 0.0641. The summed E-state index contributed by atoms with van der Waals surface area (Å²) in [5.41, 5.74) is 10.1. The smallest absolute Gasteiger partial charge is 0.194 e. The number of hydrogen-bond acceptors (Lipinski definition) is 6. The highest BCUT2D eigenvalue weighted by Crippen LogP contribution is 2.29. The van der Waals surface area contributed by atoms with Gasteiger partial charge in [-0.05, 0) is 18.2 Å². The lowest BCUT2D eigenvalue weighted by Gasteiger charge is -2.18. The largest absolute Gasteiger partial charge is 0.384 e. The van der Waals surface area contributed by atoms with E-state index in [0.29, 0.717) is 57.6 Å². The normalized spacial score (nSPS) is 13.0. The lowest BCUT2D eigenvalue weighted by molar-refractivity contribution is 0.0979. The van der Waals surface area contributed by atoms with Gasteiger partial charge in [0.05, 0.1) is 0 Å². The summed E-state index contributed by atoms with van der Waals surface area (Å²) in [5.74, 6) is -0.330. The summed E-state index contributed by atoms with van der Waals surface area (Å²) in [7, 11) is 0. The molecule has 0 aliphatic heterocycles. The molecule has 0 amide bonds. The molecule has 36 heavy (non-hydrogen) atoms. The number of carbonyl (C=O) groups is 4. The molecular weight excluding hydrogens is 452 g/mol. The zero-order valence-electron chi connectivity index (χ0n) is 19.3. The summed E-state index contributed by atoms with van der Waals surface area (Å²) >= 11 is 0. The topological polar surface area (TPSA) is 106 Å². The van der Waals surface area contributed by atoms with Crippen molar-refractivity contribution in [3.05, 3.63) is 136 Å². The van der Waals surface area contributed by atoms with Crippen molar-refractivity contribution in [1.29, 1.82) is 0 Å². The molecule has 0 spiro atoms. The Labute approximate surface area is 207 Å². The number of ketones is 4. The first kappa shape index (κ1) is 23.1. The molecule has 6 heteroatoms. The standard InChI is InChI=1S/C16H14N2O2.C14H8O2/c17-7-8-18-10-5-6-13-14(9-10)16(20)12-4-2-1-3-11(12)15(13)19;15-13-9-5-1-2-6-10(9)14(16)12-8-4-3-7-11(12)13/h1-6,9,18H,7-8,17H2;1-8H. The third-order valence-electron chi connectivity index (χ3n) is 6.23. The van der Waals surface area contributed by atoms with Crippen LogP contribution < -0.4 is 11.1 Å². The first-order valence-corrected chi connectivity index (χ1v) is 11.5. The average Bonchev–Trinajstić information content (AvgIpc) is 2.94. The SMILES string of the molecule is NCCNc1ccc2c(c1)C(=O)c1ccccc1C2=O.O=C1c2ccccc2C(=O)c2ccccc21. The summed E-state index contributed by atoms with van der Waals surface area (Å²) in [6, 6.07) is 26.0. The van der Waals surface area contributed by atoms with Gasteiger partial charge in [0.1, 0.15) is 0 Å². The Bertz CT molecular complexity index is 1450. The first-order chi connectivity index (χ1) is 17.5. The second-order valence-corrected chi connectivity index (χ2v) is 8.43. The van der Waals surface area contributed by atoms with Crippen molar-refractivity contribution in [2.24, 2.45) is 5.73 Å². The minimum Gasteiger partial charge on any atom is -0.384 e. The maximum Gasteiger partial charge on any atom is 0.194 e. The van der Waals surface area contributed by atoms with Gasteiger partial charge in [-0.15, -0.1) is 0 Å². The minimum atomic E-state index is -0.105. The van der Waals surface area contributed by atoms with E-state index in [4.69, 9.17) is 5.73 Å². The van der Waals surface area contributed by atoms with Gasteiger partial charge in [-0.2, -0.15) is 0 Å². The summed E-state index contributed by atoms with van der Waals surface area (Å²) < 4.78 is 0. The van der Waals surface area contributed by atoms with Crippen LogP contribution in [0, 0.1) is 0 Å². The van der Waals surface area contributed by atoms with Gasteiger partial charge in [0.25, 0.3) is 0 Å². The fourth-order valence-electron chi connectivity index (χ4n) is 4.47. The number of carbonyl (C=O) groups excluding carboxylic acids is 4. The molecule has 0 heterocycles. The zero-order valence-corrected chi connectivity index (χ0v) is 19.3. The van der Waals surface area contributed by atoms with E-state index in [0.717, 1.165) is 5.69 Å². The van der Waals surface area contributed by atoms with E-state index in [-0.39, 0.29) is 23.1 Å². The molecule has 0 saturated carbocycles. The first-order valence-electron chi connectivity index (χ1n) is 11.5. The van der Waals surface area contributed by atoms with Gasteiger partial charge in [0, 0.05) is 63.3 Å². The Kier molecular flexibility index (Phi) is 6.10. The number of hydrogen-bond donors (Lipinski definition) is 2. The van der Waals surface area contributed by atoms with Crippen LogP contribution in [0.5, 0.6) is 0 Å². The van der Waals surface area contributed by atoms with Crippen LogP contribution in [0.2, 0.25) is 0 Å². The second kappa shape index (κ2) is 9.52. The van der Waals surface area contributed by atoms with Gasteiger partial charge in [-0.3, -0.25) is 19.2 Å². The number of nitrogens with two attached hydrogens (primary N) is 1. The Morgan fingerprint density at radius 3 is 1.17 bits per heavy atom. The summed E-state index contributed by atoms with van der Waals surface area (Å²) in [6.07, 6.45) is 0. The van der Waals surface area contributed by atoms with Crippen LogP contribution in [0.3, 0.4) is 0 Å². The summed E-state index contributed by atoms with van der Waals surface area (Å²) in [4.78, 5) is 49.1. The van der Waals surface area contributed by atoms with Crippen molar-refractivity contribution in [1.82, 2.24) is 0 Å². The van der Waals surface area contributed by atoms with Crippen LogP contribution >= 0.6 is 0 Å². The highest BCUT2D eigenvalue weighted by Gasteiger charge is 2.30. The molecule has 2 aliphatic rings. The van der Waals surface area contributed by atoms with Gasteiger partial charge in [0.15, 0.2) is 23.1 Å². The van der Waals surface area contributed by atoms with Gasteiger partial charge >= 0.3 is 0 Å². The monoisotopic (exact) mass is 474 g/mol. The van der Waals surface area contributed by atoms with Crippen LogP contribution in [-0.2, 0) is 0 Å². The number of rotatable bonds is 3. The predicted octanol–water partition coefficient (Wildman–Crippen LogP) is 4.29. The van der Waals surface area contributed by atoms with E-state index < -0.39 is 0 Å². The van der Waals surface area contributed by atoms with Crippen molar-refractivity contribution in [3.8, 4) is 0 Å². The van der Waals surface area contributed by atoms with E-state index in [9.17, 15) is 19.2 Å². The molecular formula is C30H22N2O4. The van der Waals surface area contributed by atoms with E-state index in [1.807, 2.05) is 0 Å². The molecule has 6 nitrogen and oxygen atoms in total. The van der Waals surface area contributed by atoms with Crippen molar-refractivity contribution >= 4 is 28.8 Å². The molecule has 0 fully saturated rings. The van der Waals surface area contributed by atoms with Crippen molar-refractivity contribution in [2.45, 2.75) is 0 Å². The molecule has 0 radical (unpaired) electrons. The Morgan fingerprint density at radius 2 is 0.806 bits per heavy atom. The van der Waals surface area contributed by atoms with Gasteiger partial charge in [-0.1, -0.05) is 72.8 Å². The van der Waals surface area contributed by atoms with Crippen molar-refractivity contribution in [3.63, 3.8) is 0 Å². The van der Waals surface area contributed by atoms with Crippen molar-refractivity contribution < 1.29 is 19.2 Å². The van der Waals surface area contributed by atoms with Crippen LogP contribution in [0.15, 0.2) is 91.0 Å². The number of anilines is 1. The highest BCUT2D eigenvalue weighted by atomic mass is 16.1. The lowest BCUT2D eigenvalue weighted by Crippen LogP contribution is -2.21. The van der Waals surface area contributed by atoms with E-state index in [1.54, 1.807) is 91.0 Å². The number of fused-ring (bicyclic) bond motifs is 4. The highest BCUT2D eigenvalue weighted by molar-refractivity contribution is 6.29. The molecule has 0 unspecified atom stereocenters. The maximum absolute atomic E-state index is 12.5. The number of nitrogens with one attached hydrogen (secondary N) is 1. The van der Waals surface area contributed by atoms with Gasteiger partial charge < -0.3 is 11.1 Å². The average molecular weight is 475 g/mol. The fourth-order valence-corrected chi connectivity index (χ4v) is 4.47. The Balaban J connectivity index is 0.000000152. The third kappa shape index (κ3) is 3.93. The van der Waals surface area contributed by atoms with Gasteiger partial charge in [-0.25, -0.2) is 0 Å². The lowest BCUT2D eigenvalue weighted by atomic mass is 9.84. The molecule has 2 aliphatic carbocycles. The predicted molar refractivity (Wildman–Crippen MR) is 137 cm³/mol. The molecule has 0 bridgehead atoms. The molecule has 3 N–H and O–H groups in total. The molecule has 4 aromatic carbocycles. The molecule has 0 atom stereocenters. The van der Waals surface area contributed by atoms with Crippen LogP contribution in [0.1, 0.15) is 63.7 Å². The van der Waals surface area contributed by atoms with Crippen LogP contribution in [0.25, 0.3) is 0 Å². The van der Waals surface area contributed by atoms with Gasteiger partial charge in [0.2, 0.25) is 0 Å². The zero-order chi connectivity index (χ0) is 25.2. The second-order valence-electron chi connectivity index (χ2n) is 8.43. The molecule has 6 rings (SSSR count). The van der Waals surface area contributed by atoms with Crippen molar-refractivity contribution in [2.75, 3.05) is 18.4 Å². The third-order valence-corrected chi connectivity index (χ3v) is 6.23. The summed E-state index contributed by atoms with van der Waals surface area (Å²) in [5, 5.41) is 3.12. The molecule has 0 saturated heterocycles. The maximum atomic E-state index is 12.5. The quantitative estimate of drug-likeness (QED) is 0.396. The fraction of sp³-hybridized carbons (Fsp3) is 0.0667. The van der Waals surface area contributed by atoms with E-state index in [1.165, 1.54) is 0 Å². The molecule has 176 valence electrons. The number of benzene rings is 4. The van der Waals surface area contributed by atoms with Crippen LogP contribution in [0.4, 0.5) is 5.69 Å². The van der Waals surface area contributed by atoms with Crippen LogP contribution in [-0.4, -0.2) is 36.2 Å². The Morgan fingerprint density at radius 1 is 0.472 bits per heavy atom.